The third-order valence-corrected chi connectivity index (χ3v) is 5.24. The van der Waals surface area contributed by atoms with Gasteiger partial charge in [-0.15, -0.1) is 0 Å². The van der Waals surface area contributed by atoms with E-state index in [1.807, 2.05) is 36.1 Å². The van der Waals surface area contributed by atoms with Gasteiger partial charge >= 0.3 is 6.03 Å². The second kappa shape index (κ2) is 8.43. The molecule has 1 atom stereocenters. The predicted octanol–water partition coefficient (Wildman–Crippen LogP) is 4.67. The second-order valence-corrected chi connectivity index (χ2v) is 7.40. The van der Waals surface area contributed by atoms with Gasteiger partial charge in [-0.3, -0.25) is 0 Å². The molecule has 1 saturated heterocycles. The Hall–Kier alpha value is -3.22. The first-order chi connectivity index (χ1) is 14.1. The molecule has 2 heterocycles. The average Bonchev–Trinajstić information content (AvgIpc) is 3.18. The molecule has 4 rings (SSSR count). The Morgan fingerprint density at radius 3 is 2.86 bits per heavy atom. The van der Waals surface area contributed by atoms with Gasteiger partial charge in [-0.1, -0.05) is 35.5 Å². The van der Waals surface area contributed by atoms with Crippen molar-refractivity contribution in [1.82, 2.24) is 15.0 Å². The third-order valence-electron chi connectivity index (χ3n) is 5.24. The van der Waals surface area contributed by atoms with Crippen molar-refractivity contribution < 1.29 is 13.7 Å². The number of nitrogens with one attached hydrogen (secondary N) is 1. The molecule has 0 radical (unpaired) electrons. The molecule has 29 heavy (non-hydrogen) atoms. The largest absolute Gasteiger partial charge is 0.339 e. The summed E-state index contributed by atoms with van der Waals surface area (Å²) >= 11 is 0. The van der Waals surface area contributed by atoms with Crippen LogP contribution in [-0.2, 0) is 6.42 Å². The van der Waals surface area contributed by atoms with Gasteiger partial charge in [-0.05, 0) is 49.4 Å². The highest BCUT2D eigenvalue weighted by molar-refractivity contribution is 5.90. The van der Waals surface area contributed by atoms with E-state index in [1.165, 1.54) is 6.07 Å². The summed E-state index contributed by atoms with van der Waals surface area (Å²) in [4.78, 5) is 18.8. The van der Waals surface area contributed by atoms with Gasteiger partial charge in [0.25, 0.3) is 0 Å². The Morgan fingerprint density at radius 2 is 2.03 bits per heavy atom. The highest BCUT2D eigenvalue weighted by Crippen LogP contribution is 2.24. The molecule has 2 amide bonds. The topological polar surface area (TPSA) is 71.3 Å². The summed E-state index contributed by atoms with van der Waals surface area (Å²) in [6.07, 6.45) is 2.46. The van der Waals surface area contributed by atoms with Gasteiger partial charge in [0.2, 0.25) is 11.7 Å². The molecule has 2 aromatic carbocycles. The van der Waals surface area contributed by atoms with Crippen LogP contribution in [0.2, 0.25) is 0 Å². The Morgan fingerprint density at radius 1 is 1.24 bits per heavy atom. The maximum Gasteiger partial charge on any atom is 0.321 e. The number of aromatic nitrogens is 2. The lowest BCUT2D eigenvalue weighted by atomic mass is 9.95. The molecular formula is C22H23FN4O2. The first-order valence-electron chi connectivity index (χ1n) is 9.79. The Labute approximate surface area is 168 Å². The van der Waals surface area contributed by atoms with E-state index in [-0.39, 0.29) is 23.6 Å². The number of hydrogen-bond donors (Lipinski definition) is 1. The summed E-state index contributed by atoms with van der Waals surface area (Å²) < 4.78 is 19.3. The number of anilines is 1. The van der Waals surface area contributed by atoms with Gasteiger partial charge in [0.15, 0.2) is 0 Å². The van der Waals surface area contributed by atoms with Gasteiger partial charge in [0, 0.05) is 25.2 Å². The van der Waals surface area contributed by atoms with E-state index in [2.05, 4.69) is 15.5 Å². The van der Waals surface area contributed by atoms with Crippen molar-refractivity contribution in [3.8, 4) is 11.4 Å². The summed E-state index contributed by atoms with van der Waals surface area (Å²) in [6, 6.07) is 14.0. The Balaban J connectivity index is 1.39. The standard InChI is InChI=1S/C22H23FN4O2/c1-15-7-2-5-11-19(15)24-22(28)27-12-6-8-16(14-27)13-20-25-21(26-29-20)17-9-3-4-10-18(17)23/h2-5,7,9-11,16H,6,8,12-14H2,1H3,(H,24,28). The van der Waals surface area contributed by atoms with Crippen LogP contribution < -0.4 is 5.32 Å². The highest BCUT2D eigenvalue weighted by atomic mass is 19.1. The number of halogens is 1. The molecule has 1 N–H and O–H groups in total. The molecule has 6 nitrogen and oxygen atoms in total. The number of para-hydroxylation sites is 1. The fourth-order valence-corrected chi connectivity index (χ4v) is 3.66. The fourth-order valence-electron chi connectivity index (χ4n) is 3.66. The smallest absolute Gasteiger partial charge is 0.321 e. The minimum absolute atomic E-state index is 0.0958. The summed E-state index contributed by atoms with van der Waals surface area (Å²) in [6.45, 7) is 3.31. The lowest BCUT2D eigenvalue weighted by molar-refractivity contribution is 0.173. The van der Waals surface area contributed by atoms with Gasteiger partial charge in [0.05, 0.1) is 5.56 Å². The number of carbonyl (C=O) groups excluding carboxylic acids is 1. The Kier molecular flexibility index (Phi) is 5.55. The molecule has 1 aliphatic rings. The molecule has 1 fully saturated rings. The van der Waals surface area contributed by atoms with Gasteiger partial charge in [0.1, 0.15) is 5.82 Å². The number of hydrogen-bond acceptors (Lipinski definition) is 4. The highest BCUT2D eigenvalue weighted by Gasteiger charge is 2.26. The zero-order valence-electron chi connectivity index (χ0n) is 16.3. The average molecular weight is 394 g/mol. The van der Waals surface area contributed by atoms with Crippen molar-refractivity contribution in [1.29, 1.82) is 0 Å². The van der Waals surface area contributed by atoms with Crippen LogP contribution in [-0.4, -0.2) is 34.2 Å². The van der Waals surface area contributed by atoms with Crippen molar-refractivity contribution in [3.63, 3.8) is 0 Å². The summed E-state index contributed by atoms with van der Waals surface area (Å²) in [5, 5.41) is 6.90. The van der Waals surface area contributed by atoms with E-state index >= 15 is 0 Å². The van der Waals surface area contributed by atoms with Crippen LogP contribution in [0.4, 0.5) is 14.9 Å². The number of nitrogens with zero attached hydrogens (tertiary/aromatic N) is 3. The van der Waals surface area contributed by atoms with Crippen molar-refractivity contribution in [2.24, 2.45) is 5.92 Å². The Bertz CT molecular complexity index is 1000. The molecule has 1 aromatic heterocycles. The second-order valence-electron chi connectivity index (χ2n) is 7.40. The van der Waals surface area contributed by atoms with Gasteiger partial charge < -0.3 is 14.7 Å². The van der Waals surface area contributed by atoms with E-state index in [0.29, 0.717) is 24.4 Å². The molecule has 1 unspecified atom stereocenters. The first kappa shape index (κ1) is 19.1. The fraction of sp³-hybridized carbons (Fsp3) is 0.318. The number of amides is 2. The maximum atomic E-state index is 13.9. The zero-order valence-corrected chi connectivity index (χ0v) is 16.3. The number of aryl methyl sites for hydroxylation is 1. The quantitative estimate of drug-likeness (QED) is 0.698. The zero-order chi connectivity index (χ0) is 20.2. The monoisotopic (exact) mass is 394 g/mol. The minimum Gasteiger partial charge on any atom is -0.339 e. The predicted molar refractivity (Wildman–Crippen MR) is 108 cm³/mol. The van der Waals surface area contributed by atoms with Crippen LogP contribution in [0, 0.1) is 18.7 Å². The molecule has 0 spiro atoms. The third kappa shape index (κ3) is 4.45. The van der Waals surface area contributed by atoms with Crippen molar-refractivity contribution >= 4 is 11.7 Å². The molecule has 0 bridgehead atoms. The molecule has 150 valence electrons. The molecular weight excluding hydrogens is 371 g/mol. The van der Waals surface area contributed by atoms with E-state index in [1.54, 1.807) is 18.2 Å². The number of urea groups is 1. The van der Waals surface area contributed by atoms with Crippen molar-refractivity contribution in [3.05, 3.63) is 65.8 Å². The van der Waals surface area contributed by atoms with E-state index < -0.39 is 0 Å². The molecule has 3 aromatic rings. The number of benzene rings is 2. The minimum atomic E-state index is -0.378. The van der Waals surface area contributed by atoms with Gasteiger partial charge in [-0.25, -0.2) is 9.18 Å². The normalized spacial score (nSPS) is 16.6. The molecule has 1 aliphatic heterocycles. The molecule has 0 aliphatic carbocycles. The lowest BCUT2D eigenvalue weighted by Crippen LogP contribution is -2.42. The number of rotatable bonds is 4. The van der Waals surface area contributed by atoms with Crippen LogP contribution >= 0.6 is 0 Å². The number of piperidine rings is 1. The SMILES string of the molecule is Cc1ccccc1NC(=O)N1CCCC(Cc2nc(-c3ccccc3F)no2)C1. The van der Waals surface area contributed by atoms with E-state index in [0.717, 1.165) is 30.6 Å². The van der Waals surface area contributed by atoms with E-state index in [4.69, 9.17) is 4.52 Å². The summed E-state index contributed by atoms with van der Waals surface area (Å²) in [7, 11) is 0. The first-order valence-corrected chi connectivity index (χ1v) is 9.79. The summed E-state index contributed by atoms with van der Waals surface area (Å²) in [5.41, 5.74) is 2.18. The molecule has 7 heteroatoms. The van der Waals surface area contributed by atoms with Crippen LogP contribution in [0.1, 0.15) is 24.3 Å². The lowest BCUT2D eigenvalue weighted by Gasteiger charge is -2.32. The van der Waals surface area contributed by atoms with Crippen LogP contribution in [0.15, 0.2) is 53.1 Å². The maximum absolute atomic E-state index is 13.9. The number of carbonyl (C=O) groups is 1. The van der Waals surface area contributed by atoms with Crippen LogP contribution in [0.5, 0.6) is 0 Å². The number of likely N-dealkylation sites (tertiary alicyclic amines) is 1. The van der Waals surface area contributed by atoms with Crippen LogP contribution in [0.25, 0.3) is 11.4 Å². The van der Waals surface area contributed by atoms with Gasteiger partial charge in [-0.2, -0.15) is 4.98 Å². The van der Waals surface area contributed by atoms with Crippen molar-refractivity contribution in [2.75, 3.05) is 18.4 Å². The summed E-state index contributed by atoms with van der Waals surface area (Å²) in [5.74, 6) is 0.564. The van der Waals surface area contributed by atoms with Crippen LogP contribution in [0.3, 0.4) is 0 Å². The van der Waals surface area contributed by atoms with Crippen molar-refractivity contribution in [2.45, 2.75) is 26.2 Å². The van der Waals surface area contributed by atoms with E-state index in [9.17, 15) is 9.18 Å². The molecule has 0 saturated carbocycles.